The Balaban J connectivity index is 2.15. The van der Waals surface area contributed by atoms with Crippen LogP contribution in [-0.4, -0.2) is 29.1 Å². The van der Waals surface area contributed by atoms with E-state index in [-0.39, 0.29) is 11.1 Å². The third-order valence-corrected chi connectivity index (χ3v) is 4.28. The molecular formula is C14H17ClFNO2. The topological polar surface area (TPSA) is 40.5 Å². The maximum Gasteiger partial charge on any atom is 0.310 e. The van der Waals surface area contributed by atoms with Crippen LogP contribution in [0.15, 0.2) is 18.2 Å². The largest absolute Gasteiger partial charge is 0.481 e. The second kappa shape index (κ2) is 5.10. The highest BCUT2D eigenvalue weighted by Crippen LogP contribution is 2.36. The Labute approximate surface area is 117 Å². The molecule has 0 spiro atoms. The Hall–Kier alpha value is -1.13. The Morgan fingerprint density at radius 3 is 2.79 bits per heavy atom. The smallest absolute Gasteiger partial charge is 0.310 e. The van der Waals surface area contributed by atoms with Crippen LogP contribution in [0, 0.1) is 11.2 Å². The van der Waals surface area contributed by atoms with E-state index in [0.717, 1.165) is 12.1 Å². The second-order valence-corrected chi connectivity index (χ2v) is 5.84. The van der Waals surface area contributed by atoms with E-state index in [1.807, 2.05) is 6.92 Å². The number of halogens is 2. The average Bonchev–Trinajstić information content (AvgIpc) is 2.76. The molecule has 1 heterocycles. The van der Waals surface area contributed by atoms with Crippen molar-refractivity contribution in [1.29, 1.82) is 0 Å². The molecule has 1 aromatic carbocycles. The van der Waals surface area contributed by atoms with Crippen LogP contribution in [0.2, 0.25) is 5.02 Å². The molecule has 0 amide bonds. The average molecular weight is 286 g/mol. The minimum atomic E-state index is -0.765. The molecule has 3 nitrogen and oxygen atoms in total. The molecule has 2 rings (SSSR count). The van der Waals surface area contributed by atoms with Crippen LogP contribution in [0.5, 0.6) is 0 Å². The minimum absolute atomic E-state index is 0.0271. The summed E-state index contributed by atoms with van der Waals surface area (Å²) in [6.45, 7) is 4.97. The van der Waals surface area contributed by atoms with E-state index < -0.39 is 17.2 Å². The molecule has 0 aromatic heterocycles. The number of carboxylic acid groups (broad SMARTS) is 1. The van der Waals surface area contributed by atoms with Gasteiger partial charge in [0, 0.05) is 12.6 Å². The van der Waals surface area contributed by atoms with Gasteiger partial charge in [-0.15, -0.1) is 0 Å². The Bertz CT molecular complexity index is 508. The minimum Gasteiger partial charge on any atom is -0.481 e. The Morgan fingerprint density at radius 1 is 1.58 bits per heavy atom. The number of hydrogen-bond donors (Lipinski definition) is 1. The Kier molecular flexibility index (Phi) is 3.83. The fraction of sp³-hybridized carbons (Fsp3) is 0.500. The highest BCUT2D eigenvalue weighted by molar-refractivity contribution is 6.30. The number of likely N-dealkylation sites (tertiary alicyclic amines) is 1. The summed E-state index contributed by atoms with van der Waals surface area (Å²) in [6, 6.07) is 4.68. The van der Waals surface area contributed by atoms with E-state index in [4.69, 9.17) is 11.6 Å². The summed E-state index contributed by atoms with van der Waals surface area (Å²) in [5, 5.41) is 9.33. The lowest BCUT2D eigenvalue weighted by Crippen LogP contribution is -2.32. The van der Waals surface area contributed by atoms with E-state index in [1.165, 1.54) is 6.07 Å². The van der Waals surface area contributed by atoms with Crippen molar-refractivity contribution in [3.8, 4) is 0 Å². The molecule has 1 aliphatic heterocycles. The third kappa shape index (κ3) is 2.74. The lowest BCUT2D eigenvalue weighted by Gasteiger charge is -2.26. The van der Waals surface area contributed by atoms with Gasteiger partial charge in [0.15, 0.2) is 0 Å². The zero-order chi connectivity index (χ0) is 14.2. The van der Waals surface area contributed by atoms with E-state index in [1.54, 1.807) is 19.1 Å². The number of hydrogen-bond acceptors (Lipinski definition) is 2. The van der Waals surface area contributed by atoms with Crippen LogP contribution in [0.3, 0.4) is 0 Å². The van der Waals surface area contributed by atoms with E-state index >= 15 is 0 Å². The molecule has 2 atom stereocenters. The van der Waals surface area contributed by atoms with Gasteiger partial charge in [0.1, 0.15) is 5.82 Å². The molecule has 19 heavy (non-hydrogen) atoms. The van der Waals surface area contributed by atoms with E-state index in [9.17, 15) is 14.3 Å². The van der Waals surface area contributed by atoms with Crippen LogP contribution >= 0.6 is 11.6 Å². The molecule has 5 heteroatoms. The van der Waals surface area contributed by atoms with Crippen LogP contribution in [0.1, 0.15) is 31.9 Å². The molecule has 104 valence electrons. The maximum atomic E-state index is 13.1. The van der Waals surface area contributed by atoms with Crippen molar-refractivity contribution in [2.24, 2.45) is 5.41 Å². The molecule has 0 bridgehead atoms. The number of nitrogens with zero attached hydrogens (tertiary/aromatic N) is 1. The van der Waals surface area contributed by atoms with Crippen molar-refractivity contribution < 1.29 is 14.3 Å². The van der Waals surface area contributed by atoms with Gasteiger partial charge < -0.3 is 5.11 Å². The highest BCUT2D eigenvalue weighted by Gasteiger charge is 2.41. The molecule has 1 saturated heterocycles. The van der Waals surface area contributed by atoms with Crippen molar-refractivity contribution in [1.82, 2.24) is 4.90 Å². The van der Waals surface area contributed by atoms with Crippen molar-refractivity contribution in [2.45, 2.75) is 26.3 Å². The fourth-order valence-corrected chi connectivity index (χ4v) is 2.67. The summed E-state index contributed by atoms with van der Waals surface area (Å²) in [5.41, 5.74) is 0.207. The van der Waals surface area contributed by atoms with Gasteiger partial charge in [-0.2, -0.15) is 0 Å². The molecule has 1 fully saturated rings. The SMILES string of the molecule is CC(c1ccc(F)c(Cl)c1)N1CCC(C)(C(=O)O)C1. The van der Waals surface area contributed by atoms with Crippen LogP contribution in [-0.2, 0) is 4.79 Å². The van der Waals surface area contributed by atoms with Crippen molar-refractivity contribution >= 4 is 17.6 Å². The molecule has 0 saturated carbocycles. The highest BCUT2D eigenvalue weighted by atomic mass is 35.5. The molecule has 0 radical (unpaired) electrons. The predicted molar refractivity (Wildman–Crippen MR) is 71.8 cm³/mol. The van der Waals surface area contributed by atoms with Gasteiger partial charge in [-0.05, 0) is 44.5 Å². The van der Waals surface area contributed by atoms with Gasteiger partial charge in [-0.1, -0.05) is 17.7 Å². The Morgan fingerprint density at radius 2 is 2.26 bits per heavy atom. The number of rotatable bonds is 3. The first-order valence-electron chi connectivity index (χ1n) is 6.26. The summed E-state index contributed by atoms with van der Waals surface area (Å²) in [7, 11) is 0. The maximum absolute atomic E-state index is 13.1. The zero-order valence-electron chi connectivity index (χ0n) is 11.0. The number of aliphatic carboxylic acids is 1. The first-order valence-corrected chi connectivity index (χ1v) is 6.64. The standard InChI is InChI=1S/C14H17ClFNO2/c1-9(10-3-4-12(16)11(15)7-10)17-6-5-14(2,8-17)13(18)19/h3-4,7,9H,5-6,8H2,1-2H3,(H,18,19). The quantitative estimate of drug-likeness (QED) is 0.926. The van der Waals surface area contributed by atoms with Gasteiger partial charge in [0.2, 0.25) is 0 Å². The van der Waals surface area contributed by atoms with E-state index in [2.05, 4.69) is 4.90 Å². The summed E-state index contributed by atoms with van der Waals surface area (Å²) >= 11 is 5.78. The molecular weight excluding hydrogens is 269 g/mol. The van der Waals surface area contributed by atoms with Crippen LogP contribution in [0.4, 0.5) is 4.39 Å². The number of benzene rings is 1. The lowest BCUT2D eigenvalue weighted by atomic mass is 9.90. The first-order chi connectivity index (χ1) is 8.83. The summed E-state index contributed by atoms with van der Waals surface area (Å²) in [5.74, 6) is -1.20. The lowest BCUT2D eigenvalue weighted by molar-refractivity contribution is -0.147. The molecule has 1 aromatic rings. The summed E-state index contributed by atoms with van der Waals surface area (Å²) in [6.07, 6.45) is 0.627. The molecule has 1 N–H and O–H groups in total. The molecule has 2 unspecified atom stereocenters. The van der Waals surface area contributed by atoms with Crippen molar-refractivity contribution in [3.05, 3.63) is 34.6 Å². The normalized spacial score (nSPS) is 25.5. The van der Waals surface area contributed by atoms with E-state index in [0.29, 0.717) is 13.0 Å². The number of carboxylic acids is 1. The zero-order valence-corrected chi connectivity index (χ0v) is 11.7. The predicted octanol–water partition coefficient (Wildman–Crippen LogP) is 3.34. The first kappa shape index (κ1) is 14.3. The van der Waals surface area contributed by atoms with Gasteiger partial charge >= 0.3 is 5.97 Å². The monoisotopic (exact) mass is 285 g/mol. The second-order valence-electron chi connectivity index (χ2n) is 5.44. The van der Waals surface area contributed by atoms with Crippen LogP contribution < -0.4 is 0 Å². The van der Waals surface area contributed by atoms with Crippen LogP contribution in [0.25, 0.3) is 0 Å². The van der Waals surface area contributed by atoms with Crippen molar-refractivity contribution in [2.75, 3.05) is 13.1 Å². The summed E-state index contributed by atoms with van der Waals surface area (Å²) < 4.78 is 13.1. The fourth-order valence-electron chi connectivity index (χ4n) is 2.48. The molecule has 0 aliphatic carbocycles. The summed E-state index contributed by atoms with van der Waals surface area (Å²) in [4.78, 5) is 13.3. The molecule has 1 aliphatic rings. The van der Waals surface area contributed by atoms with Gasteiger partial charge in [0.25, 0.3) is 0 Å². The van der Waals surface area contributed by atoms with Gasteiger partial charge in [-0.25, -0.2) is 4.39 Å². The van der Waals surface area contributed by atoms with Gasteiger partial charge in [0.05, 0.1) is 10.4 Å². The third-order valence-electron chi connectivity index (χ3n) is 3.99. The number of carbonyl (C=O) groups is 1. The van der Waals surface area contributed by atoms with Crippen molar-refractivity contribution in [3.63, 3.8) is 0 Å². The van der Waals surface area contributed by atoms with Gasteiger partial charge in [-0.3, -0.25) is 9.69 Å².